The molecule has 3 fully saturated rings. The van der Waals surface area contributed by atoms with Gasteiger partial charge in [0.25, 0.3) is 0 Å². The third-order valence-corrected chi connectivity index (χ3v) is 6.36. The van der Waals surface area contributed by atoms with E-state index in [4.69, 9.17) is 19.2 Å². The second-order valence-electron chi connectivity index (χ2n) is 8.79. The molecule has 0 aromatic carbocycles. The van der Waals surface area contributed by atoms with Crippen LogP contribution in [0.2, 0.25) is 0 Å². The second-order valence-corrected chi connectivity index (χ2v) is 8.79. The molecule has 0 unspecified atom stereocenters. The number of nitrogens with one attached hydrogen (secondary N) is 1. The number of aryl methyl sites for hydroxylation is 2. The lowest BCUT2D eigenvalue weighted by Gasteiger charge is -2.44. The van der Waals surface area contributed by atoms with E-state index in [0.717, 1.165) is 56.4 Å². The summed E-state index contributed by atoms with van der Waals surface area (Å²) in [6.45, 7) is 8.30. The van der Waals surface area contributed by atoms with Crippen LogP contribution in [0.3, 0.4) is 0 Å². The fourth-order valence-electron chi connectivity index (χ4n) is 4.30. The minimum atomic E-state index is -5.08. The molecule has 1 aliphatic carbocycles. The lowest BCUT2D eigenvalue weighted by atomic mass is 9.79. The largest absolute Gasteiger partial charge is 0.490 e. The highest BCUT2D eigenvalue weighted by Gasteiger charge is 2.42. The number of amides is 1. The molecule has 1 aromatic rings. The highest BCUT2D eigenvalue weighted by molar-refractivity contribution is 5.79. The monoisotopic (exact) mass is 461 g/mol. The van der Waals surface area contributed by atoms with E-state index >= 15 is 0 Å². The van der Waals surface area contributed by atoms with Gasteiger partial charge in [0.15, 0.2) is 0 Å². The van der Waals surface area contributed by atoms with E-state index in [9.17, 15) is 18.0 Å². The number of hydrogen-bond acceptors (Lipinski definition) is 6. The SMILES string of the molecule is Cc1noc(C)c1CN1CC[C@H]2OCC[C@@H](C(=O)NCC3CC3)[C@H]2C1.O=C(O)C(F)(F)F. The first-order valence-electron chi connectivity index (χ1n) is 10.9. The lowest BCUT2D eigenvalue weighted by Crippen LogP contribution is -2.53. The highest BCUT2D eigenvalue weighted by atomic mass is 19.4. The van der Waals surface area contributed by atoms with Gasteiger partial charge < -0.3 is 19.7 Å². The van der Waals surface area contributed by atoms with Crippen LogP contribution < -0.4 is 5.32 Å². The van der Waals surface area contributed by atoms with E-state index in [1.54, 1.807) is 0 Å². The predicted octanol–water partition coefficient (Wildman–Crippen LogP) is 2.68. The third kappa shape index (κ3) is 6.44. The molecule has 0 spiro atoms. The summed E-state index contributed by atoms with van der Waals surface area (Å²) in [5, 5.41) is 14.4. The molecule has 3 heterocycles. The number of fused-ring (bicyclic) bond motifs is 1. The number of aromatic nitrogens is 1. The van der Waals surface area contributed by atoms with Gasteiger partial charge in [-0.2, -0.15) is 13.2 Å². The predicted molar refractivity (Wildman–Crippen MR) is 107 cm³/mol. The standard InChI is InChI=1S/C19H29N3O3.C2HF3O2/c1-12-16(13(2)25-21-12)10-22-7-5-18-17(11-22)15(6-8-24-18)19(23)20-9-14-3-4-14;3-2(4,5)1(6)7/h14-15,17-18H,3-11H2,1-2H3,(H,20,23);(H,6,7)/t15-,17-,18-;/m1./s1. The summed E-state index contributed by atoms with van der Waals surface area (Å²) >= 11 is 0. The van der Waals surface area contributed by atoms with Crippen LogP contribution in [0.1, 0.15) is 42.7 Å². The van der Waals surface area contributed by atoms with Gasteiger partial charge in [-0.1, -0.05) is 5.16 Å². The zero-order valence-electron chi connectivity index (χ0n) is 18.3. The molecule has 11 heteroatoms. The van der Waals surface area contributed by atoms with Crippen molar-refractivity contribution in [1.82, 2.24) is 15.4 Å². The molecule has 1 saturated carbocycles. The van der Waals surface area contributed by atoms with Crippen molar-refractivity contribution in [2.45, 2.75) is 58.4 Å². The lowest BCUT2D eigenvalue weighted by molar-refractivity contribution is -0.192. The third-order valence-electron chi connectivity index (χ3n) is 6.36. The summed E-state index contributed by atoms with van der Waals surface area (Å²) in [7, 11) is 0. The maximum atomic E-state index is 12.7. The molecule has 3 atom stereocenters. The average molecular weight is 461 g/mol. The van der Waals surface area contributed by atoms with Crippen LogP contribution in [0.25, 0.3) is 0 Å². The fourth-order valence-corrected chi connectivity index (χ4v) is 4.30. The van der Waals surface area contributed by atoms with Crippen molar-refractivity contribution < 1.29 is 37.1 Å². The van der Waals surface area contributed by atoms with Crippen LogP contribution in [-0.2, 0) is 20.9 Å². The molecule has 180 valence electrons. The number of carboxylic acid groups (broad SMARTS) is 1. The summed E-state index contributed by atoms with van der Waals surface area (Å²) in [5.41, 5.74) is 2.16. The second kappa shape index (κ2) is 10.2. The summed E-state index contributed by atoms with van der Waals surface area (Å²) in [6.07, 6.45) is -0.472. The molecule has 32 heavy (non-hydrogen) atoms. The molecule has 0 bridgehead atoms. The van der Waals surface area contributed by atoms with Crippen molar-refractivity contribution in [3.05, 3.63) is 17.0 Å². The fraction of sp³-hybridized carbons (Fsp3) is 0.762. The smallest absolute Gasteiger partial charge is 0.475 e. The van der Waals surface area contributed by atoms with Gasteiger partial charge in [-0.15, -0.1) is 0 Å². The Kier molecular flexibility index (Phi) is 7.81. The summed E-state index contributed by atoms with van der Waals surface area (Å²) < 4.78 is 43.0. The zero-order valence-corrected chi connectivity index (χ0v) is 18.3. The number of carbonyl (C=O) groups is 2. The Labute approximate surface area is 184 Å². The van der Waals surface area contributed by atoms with Gasteiger partial charge in [-0.05, 0) is 45.4 Å². The molecule has 2 aliphatic heterocycles. The number of alkyl halides is 3. The molecular formula is C21H30F3N3O5. The number of carboxylic acids is 1. The molecule has 1 amide bonds. The molecule has 0 radical (unpaired) electrons. The minimum absolute atomic E-state index is 0.0879. The first-order chi connectivity index (χ1) is 15.1. The normalized spacial score (nSPS) is 26.0. The Morgan fingerprint density at radius 2 is 1.91 bits per heavy atom. The number of hydrogen-bond donors (Lipinski definition) is 2. The van der Waals surface area contributed by atoms with Crippen LogP contribution in [0.4, 0.5) is 13.2 Å². The van der Waals surface area contributed by atoms with Crippen molar-refractivity contribution in [2.24, 2.45) is 17.8 Å². The van der Waals surface area contributed by atoms with Gasteiger partial charge in [0.05, 0.1) is 11.8 Å². The molecule has 8 nitrogen and oxygen atoms in total. The number of piperidine rings is 1. The summed E-state index contributed by atoms with van der Waals surface area (Å²) in [6, 6.07) is 0. The first-order valence-corrected chi connectivity index (χ1v) is 10.9. The van der Waals surface area contributed by atoms with Crippen molar-refractivity contribution >= 4 is 11.9 Å². The highest BCUT2D eigenvalue weighted by Crippen LogP contribution is 2.35. The van der Waals surface area contributed by atoms with Crippen LogP contribution >= 0.6 is 0 Å². The van der Waals surface area contributed by atoms with Crippen LogP contribution in [0.15, 0.2) is 4.52 Å². The van der Waals surface area contributed by atoms with Crippen molar-refractivity contribution in [3.63, 3.8) is 0 Å². The number of halogens is 3. The van der Waals surface area contributed by atoms with Crippen LogP contribution in [0.5, 0.6) is 0 Å². The van der Waals surface area contributed by atoms with Gasteiger partial charge in [-0.3, -0.25) is 9.69 Å². The maximum absolute atomic E-state index is 12.7. The minimum Gasteiger partial charge on any atom is -0.475 e. The quantitative estimate of drug-likeness (QED) is 0.695. The number of rotatable bonds is 5. The average Bonchev–Trinajstić information content (AvgIpc) is 3.52. The summed E-state index contributed by atoms with van der Waals surface area (Å²) in [5.74, 6) is -0.510. The molecule has 2 saturated heterocycles. The number of aliphatic carboxylic acids is 1. The van der Waals surface area contributed by atoms with Gasteiger partial charge in [0.1, 0.15) is 5.76 Å². The molecular weight excluding hydrogens is 431 g/mol. The number of nitrogens with zero attached hydrogens (tertiary/aromatic N) is 2. The van der Waals surface area contributed by atoms with E-state index in [-0.39, 0.29) is 17.9 Å². The van der Waals surface area contributed by atoms with Crippen molar-refractivity contribution in [1.29, 1.82) is 0 Å². The topological polar surface area (TPSA) is 105 Å². The Bertz CT molecular complexity index is 790. The van der Waals surface area contributed by atoms with Crippen molar-refractivity contribution in [2.75, 3.05) is 26.2 Å². The van der Waals surface area contributed by atoms with E-state index < -0.39 is 12.1 Å². The number of carbonyl (C=O) groups excluding carboxylic acids is 1. The first kappa shape index (κ1) is 24.5. The van der Waals surface area contributed by atoms with Crippen LogP contribution in [-0.4, -0.2) is 65.6 Å². The zero-order chi connectivity index (χ0) is 23.5. The van der Waals surface area contributed by atoms with Gasteiger partial charge in [0.2, 0.25) is 5.91 Å². The Morgan fingerprint density at radius 3 is 2.47 bits per heavy atom. The van der Waals surface area contributed by atoms with E-state index in [0.29, 0.717) is 12.5 Å². The number of likely N-dealkylation sites (tertiary alicyclic amines) is 1. The maximum Gasteiger partial charge on any atom is 0.490 e. The Morgan fingerprint density at radius 1 is 1.22 bits per heavy atom. The van der Waals surface area contributed by atoms with Crippen LogP contribution in [0, 0.1) is 31.6 Å². The molecule has 2 N–H and O–H groups in total. The number of ether oxygens (including phenoxy) is 1. The Hall–Kier alpha value is -2.14. The Balaban J connectivity index is 0.000000360. The molecule has 4 rings (SSSR count). The van der Waals surface area contributed by atoms with E-state index in [1.807, 2.05) is 13.8 Å². The van der Waals surface area contributed by atoms with Crippen molar-refractivity contribution in [3.8, 4) is 0 Å². The van der Waals surface area contributed by atoms with Gasteiger partial charge >= 0.3 is 12.1 Å². The summed E-state index contributed by atoms with van der Waals surface area (Å²) in [4.78, 5) is 24.0. The molecule has 3 aliphatic rings. The van der Waals surface area contributed by atoms with E-state index in [2.05, 4.69) is 15.4 Å². The van der Waals surface area contributed by atoms with Gasteiger partial charge in [-0.25, -0.2) is 4.79 Å². The van der Waals surface area contributed by atoms with E-state index in [1.165, 1.54) is 18.4 Å². The molecule has 1 aromatic heterocycles. The van der Waals surface area contributed by atoms with Gasteiger partial charge in [0, 0.05) is 50.2 Å².